The summed E-state index contributed by atoms with van der Waals surface area (Å²) in [4.78, 5) is 11.8. The molecule has 0 unspecified atom stereocenters. The third-order valence-corrected chi connectivity index (χ3v) is 6.01. The molecule has 0 saturated heterocycles. The summed E-state index contributed by atoms with van der Waals surface area (Å²) in [6, 6.07) is 13.6. The molecule has 6 nitrogen and oxygen atoms in total. The monoisotopic (exact) mass is 396 g/mol. The number of esters is 1. The molecular weight excluding hydrogens is 376 g/mol. The summed E-state index contributed by atoms with van der Waals surface area (Å²) < 4.78 is 32.2. The first kappa shape index (κ1) is 20.4. The van der Waals surface area contributed by atoms with Crippen molar-refractivity contribution in [3.63, 3.8) is 0 Å². The molecule has 0 bridgehead atoms. The summed E-state index contributed by atoms with van der Waals surface area (Å²) in [5, 5.41) is 0.215. The van der Waals surface area contributed by atoms with E-state index in [0.29, 0.717) is 6.42 Å². The Bertz CT molecular complexity index is 857. The SMILES string of the molecule is COC(=O)c1ccc(Cl)cc1S(=O)(=O)N(CCN)CCc1ccccc1. The van der Waals surface area contributed by atoms with Gasteiger partial charge in [0.25, 0.3) is 0 Å². The first-order valence-corrected chi connectivity index (χ1v) is 9.84. The molecule has 8 heteroatoms. The lowest BCUT2D eigenvalue weighted by atomic mass is 10.1. The maximum absolute atomic E-state index is 13.1. The molecule has 2 N–H and O–H groups in total. The molecule has 26 heavy (non-hydrogen) atoms. The summed E-state index contributed by atoms with van der Waals surface area (Å²) in [6.45, 7) is 0.515. The number of methoxy groups -OCH3 is 1. The maximum atomic E-state index is 13.1. The van der Waals surface area contributed by atoms with Gasteiger partial charge < -0.3 is 10.5 Å². The predicted octanol–water partition coefficient (Wildman–Crippen LogP) is 2.32. The molecule has 0 aliphatic rings. The van der Waals surface area contributed by atoms with Crippen molar-refractivity contribution in [2.45, 2.75) is 11.3 Å². The fraction of sp³-hybridized carbons (Fsp3) is 0.278. The number of nitrogens with zero attached hydrogens (tertiary/aromatic N) is 1. The van der Waals surface area contributed by atoms with Crippen molar-refractivity contribution in [2.24, 2.45) is 5.73 Å². The molecule has 0 spiro atoms. The Balaban J connectivity index is 2.38. The van der Waals surface area contributed by atoms with Crippen LogP contribution in [0.4, 0.5) is 0 Å². The van der Waals surface area contributed by atoms with E-state index >= 15 is 0 Å². The smallest absolute Gasteiger partial charge is 0.339 e. The Morgan fingerprint density at radius 2 is 1.85 bits per heavy atom. The quantitative estimate of drug-likeness (QED) is 0.691. The van der Waals surface area contributed by atoms with Crippen molar-refractivity contribution < 1.29 is 17.9 Å². The number of hydrogen-bond donors (Lipinski definition) is 1. The highest BCUT2D eigenvalue weighted by Gasteiger charge is 2.29. The number of hydrogen-bond acceptors (Lipinski definition) is 5. The molecule has 0 aromatic heterocycles. The van der Waals surface area contributed by atoms with E-state index in [2.05, 4.69) is 0 Å². The standard InChI is InChI=1S/C18H21ClN2O4S/c1-25-18(22)16-8-7-15(19)13-17(16)26(23,24)21(12-10-20)11-9-14-5-3-2-4-6-14/h2-8,13H,9-12,20H2,1H3. The molecule has 0 heterocycles. The summed E-state index contributed by atoms with van der Waals surface area (Å²) in [6.07, 6.45) is 0.522. The zero-order chi connectivity index (χ0) is 19.2. The van der Waals surface area contributed by atoms with Gasteiger partial charge in [-0.05, 0) is 30.2 Å². The Morgan fingerprint density at radius 1 is 1.15 bits per heavy atom. The van der Waals surface area contributed by atoms with Crippen molar-refractivity contribution in [1.29, 1.82) is 0 Å². The van der Waals surface area contributed by atoms with Gasteiger partial charge in [-0.15, -0.1) is 0 Å². The van der Waals surface area contributed by atoms with Gasteiger partial charge in [-0.2, -0.15) is 4.31 Å². The van der Waals surface area contributed by atoms with Crippen molar-refractivity contribution in [3.05, 3.63) is 64.7 Å². The predicted molar refractivity (Wildman–Crippen MR) is 101 cm³/mol. The molecule has 0 fully saturated rings. The minimum Gasteiger partial charge on any atom is -0.465 e. The minimum atomic E-state index is -3.97. The topological polar surface area (TPSA) is 89.7 Å². The fourth-order valence-corrected chi connectivity index (χ4v) is 4.42. The lowest BCUT2D eigenvalue weighted by molar-refractivity contribution is 0.0596. The zero-order valence-electron chi connectivity index (χ0n) is 14.4. The molecule has 0 saturated carbocycles. The largest absolute Gasteiger partial charge is 0.465 e. The van der Waals surface area contributed by atoms with Gasteiger partial charge in [-0.25, -0.2) is 13.2 Å². The molecule has 0 amide bonds. The van der Waals surface area contributed by atoms with Crippen LogP contribution < -0.4 is 5.73 Å². The van der Waals surface area contributed by atoms with Gasteiger partial charge in [-0.1, -0.05) is 41.9 Å². The van der Waals surface area contributed by atoms with Gasteiger partial charge in [0.15, 0.2) is 0 Å². The van der Waals surface area contributed by atoms with E-state index in [1.165, 1.54) is 29.6 Å². The highest BCUT2D eigenvalue weighted by molar-refractivity contribution is 7.89. The molecule has 2 aromatic carbocycles. The van der Waals surface area contributed by atoms with Crippen molar-refractivity contribution in [3.8, 4) is 0 Å². The third kappa shape index (κ3) is 4.82. The highest BCUT2D eigenvalue weighted by atomic mass is 35.5. The molecular formula is C18H21ClN2O4S. The molecule has 0 aliphatic heterocycles. The Labute approximate surface area is 158 Å². The zero-order valence-corrected chi connectivity index (χ0v) is 16.0. The first-order valence-electron chi connectivity index (χ1n) is 8.02. The van der Waals surface area contributed by atoms with Gasteiger partial charge >= 0.3 is 5.97 Å². The summed E-state index contributed by atoms with van der Waals surface area (Å²) >= 11 is 5.97. The second-order valence-corrected chi connectivity index (χ2v) is 7.90. The van der Waals surface area contributed by atoms with E-state index in [9.17, 15) is 13.2 Å². The number of benzene rings is 2. The second-order valence-electron chi connectivity index (χ2n) is 5.56. The first-order chi connectivity index (χ1) is 12.4. The fourth-order valence-electron chi connectivity index (χ4n) is 2.52. The minimum absolute atomic E-state index is 0.0568. The van der Waals surface area contributed by atoms with Gasteiger partial charge in [-0.3, -0.25) is 0 Å². The Morgan fingerprint density at radius 3 is 2.46 bits per heavy atom. The normalized spacial score (nSPS) is 11.5. The lowest BCUT2D eigenvalue weighted by Crippen LogP contribution is -2.37. The van der Waals surface area contributed by atoms with Crippen LogP contribution in [0.3, 0.4) is 0 Å². The molecule has 2 rings (SSSR count). The van der Waals surface area contributed by atoms with Gasteiger partial charge in [0.05, 0.1) is 17.6 Å². The van der Waals surface area contributed by atoms with Crippen LogP contribution in [0.1, 0.15) is 15.9 Å². The van der Waals surface area contributed by atoms with Crippen LogP contribution in [0.5, 0.6) is 0 Å². The van der Waals surface area contributed by atoms with Gasteiger partial charge in [0.2, 0.25) is 10.0 Å². The summed E-state index contributed by atoms with van der Waals surface area (Å²) in [5.41, 5.74) is 6.55. The van der Waals surface area contributed by atoms with Crippen molar-refractivity contribution in [1.82, 2.24) is 4.31 Å². The van der Waals surface area contributed by atoms with Gasteiger partial charge in [0, 0.05) is 24.7 Å². The van der Waals surface area contributed by atoms with Crippen molar-refractivity contribution >= 4 is 27.6 Å². The van der Waals surface area contributed by atoms with Gasteiger partial charge in [0.1, 0.15) is 0 Å². The maximum Gasteiger partial charge on any atom is 0.339 e. The van der Waals surface area contributed by atoms with E-state index in [1.807, 2.05) is 30.3 Å². The summed E-state index contributed by atoms with van der Waals surface area (Å²) in [5.74, 6) is -0.740. The van der Waals surface area contributed by atoms with Crippen LogP contribution in [0.2, 0.25) is 5.02 Å². The average Bonchev–Trinajstić information content (AvgIpc) is 2.65. The second kappa shape index (κ2) is 9.14. The molecule has 0 aliphatic carbocycles. The van der Waals surface area contributed by atoms with Crippen LogP contribution in [-0.4, -0.2) is 45.4 Å². The van der Waals surface area contributed by atoms with Crippen LogP contribution in [-0.2, 0) is 21.2 Å². The molecule has 2 aromatic rings. The number of carbonyl (C=O) groups excluding carboxylic acids is 1. The average molecular weight is 397 g/mol. The van der Waals surface area contributed by atoms with E-state index in [0.717, 1.165) is 5.56 Å². The lowest BCUT2D eigenvalue weighted by Gasteiger charge is -2.23. The number of rotatable bonds is 8. The van der Waals surface area contributed by atoms with Crippen LogP contribution in [0.25, 0.3) is 0 Å². The van der Waals surface area contributed by atoms with E-state index in [-0.39, 0.29) is 35.1 Å². The van der Waals surface area contributed by atoms with E-state index in [1.54, 1.807) is 0 Å². The van der Waals surface area contributed by atoms with E-state index < -0.39 is 16.0 Å². The van der Waals surface area contributed by atoms with Crippen LogP contribution >= 0.6 is 11.6 Å². The molecule has 140 valence electrons. The van der Waals surface area contributed by atoms with Crippen LogP contribution in [0.15, 0.2) is 53.4 Å². The Hall–Kier alpha value is -1.93. The number of carbonyl (C=O) groups is 1. The number of ether oxygens (including phenoxy) is 1. The third-order valence-electron chi connectivity index (χ3n) is 3.84. The number of halogens is 1. The van der Waals surface area contributed by atoms with Crippen LogP contribution in [0, 0.1) is 0 Å². The number of nitrogens with two attached hydrogens (primary N) is 1. The van der Waals surface area contributed by atoms with E-state index in [4.69, 9.17) is 22.1 Å². The van der Waals surface area contributed by atoms with Crippen molar-refractivity contribution in [2.75, 3.05) is 26.7 Å². The highest BCUT2D eigenvalue weighted by Crippen LogP contribution is 2.25. The Kier molecular flexibility index (Phi) is 7.16. The number of sulfonamides is 1. The summed E-state index contributed by atoms with van der Waals surface area (Å²) in [7, 11) is -2.78. The molecule has 0 radical (unpaired) electrons. The molecule has 0 atom stereocenters.